The maximum Gasteiger partial charge on any atom is 0.252 e. The van der Waals surface area contributed by atoms with Gasteiger partial charge in [-0.15, -0.1) is 0 Å². The van der Waals surface area contributed by atoms with Gasteiger partial charge in [-0.1, -0.05) is 0 Å². The Bertz CT molecular complexity index is 793. The predicted molar refractivity (Wildman–Crippen MR) is 83.0 cm³/mol. The van der Waals surface area contributed by atoms with E-state index in [4.69, 9.17) is 4.74 Å². The molecule has 3 aliphatic rings. The topological polar surface area (TPSA) is 59.7 Å². The second-order valence-electron chi connectivity index (χ2n) is 6.91. The van der Waals surface area contributed by atoms with Gasteiger partial charge in [-0.2, -0.15) is 5.10 Å². The Morgan fingerprint density at radius 1 is 1.35 bits per heavy atom. The Balaban J connectivity index is 1.57. The van der Waals surface area contributed by atoms with Gasteiger partial charge in [-0.3, -0.25) is 4.79 Å². The first-order valence-corrected chi connectivity index (χ1v) is 8.50. The Kier molecular flexibility index (Phi) is 2.80. The highest BCUT2D eigenvalue weighted by molar-refractivity contribution is 5.82. The zero-order chi connectivity index (χ0) is 15.6. The molecule has 1 amide bonds. The summed E-state index contributed by atoms with van der Waals surface area (Å²) in [5.74, 6) is 0.178. The molecule has 2 aromatic rings. The van der Waals surface area contributed by atoms with Gasteiger partial charge in [0.25, 0.3) is 5.91 Å². The van der Waals surface area contributed by atoms with Crippen molar-refractivity contribution in [3.05, 3.63) is 29.2 Å². The lowest BCUT2D eigenvalue weighted by molar-refractivity contribution is -0.144. The molecule has 2 bridgehead atoms. The standard InChI is InChI=1S/C17H20N4O2/c1-10-7-16-18-9-12-13-5-4-11(8-14(12)21(16)19-10)20(13)17(22)15-3-2-6-23-15/h7,9,11,13,15H,2-6,8H2,1H3/t11-,13-,15+/m1/s1. The van der Waals surface area contributed by atoms with Crippen molar-refractivity contribution in [2.24, 2.45) is 0 Å². The van der Waals surface area contributed by atoms with Crippen molar-refractivity contribution in [1.29, 1.82) is 0 Å². The van der Waals surface area contributed by atoms with Gasteiger partial charge in [-0.25, -0.2) is 9.50 Å². The summed E-state index contributed by atoms with van der Waals surface area (Å²) in [5.41, 5.74) is 4.28. The average molecular weight is 312 g/mol. The van der Waals surface area contributed by atoms with Crippen LogP contribution < -0.4 is 0 Å². The molecule has 0 aromatic carbocycles. The molecule has 3 atom stereocenters. The molecule has 0 spiro atoms. The number of ether oxygens (including phenoxy) is 1. The summed E-state index contributed by atoms with van der Waals surface area (Å²) in [4.78, 5) is 19.5. The lowest BCUT2D eigenvalue weighted by atomic mass is 9.98. The fourth-order valence-corrected chi connectivity index (χ4v) is 4.48. The number of rotatable bonds is 1. The average Bonchev–Trinajstić information content (AvgIpc) is 3.25. The Labute approximate surface area is 134 Å². The molecule has 0 saturated carbocycles. The van der Waals surface area contributed by atoms with E-state index in [1.54, 1.807) is 0 Å². The molecule has 5 rings (SSSR count). The summed E-state index contributed by atoms with van der Waals surface area (Å²) < 4.78 is 7.61. The fraction of sp³-hybridized carbons (Fsp3) is 0.588. The Hall–Kier alpha value is -1.95. The second kappa shape index (κ2) is 4.77. The van der Waals surface area contributed by atoms with E-state index < -0.39 is 0 Å². The molecule has 2 fully saturated rings. The highest BCUT2D eigenvalue weighted by atomic mass is 16.5. The number of carbonyl (C=O) groups is 1. The first kappa shape index (κ1) is 13.5. The summed E-state index contributed by atoms with van der Waals surface area (Å²) in [6.07, 6.45) is 6.51. The molecule has 6 heteroatoms. The van der Waals surface area contributed by atoms with Crippen molar-refractivity contribution in [2.45, 2.75) is 57.2 Å². The maximum atomic E-state index is 12.9. The van der Waals surface area contributed by atoms with Gasteiger partial charge in [0.2, 0.25) is 0 Å². The molecule has 0 N–H and O–H groups in total. The number of aromatic nitrogens is 3. The number of amides is 1. The van der Waals surface area contributed by atoms with Crippen LogP contribution in [0.3, 0.4) is 0 Å². The van der Waals surface area contributed by atoms with Crippen LogP contribution in [0, 0.1) is 6.92 Å². The Morgan fingerprint density at radius 3 is 3.09 bits per heavy atom. The molecular formula is C17H20N4O2. The molecule has 0 aliphatic carbocycles. The fourth-order valence-electron chi connectivity index (χ4n) is 4.48. The van der Waals surface area contributed by atoms with E-state index in [0.717, 1.165) is 43.4 Å². The number of hydrogen-bond donors (Lipinski definition) is 0. The van der Waals surface area contributed by atoms with Crippen molar-refractivity contribution in [2.75, 3.05) is 6.61 Å². The number of hydrogen-bond acceptors (Lipinski definition) is 4. The summed E-state index contributed by atoms with van der Waals surface area (Å²) >= 11 is 0. The maximum absolute atomic E-state index is 12.9. The molecule has 120 valence electrons. The normalized spacial score (nSPS) is 29.3. The molecule has 6 nitrogen and oxygen atoms in total. The van der Waals surface area contributed by atoms with Gasteiger partial charge in [-0.05, 0) is 32.6 Å². The summed E-state index contributed by atoms with van der Waals surface area (Å²) in [6.45, 7) is 2.71. The van der Waals surface area contributed by atoms with Crippen molar-refractivity contribution < 1.29 is 9.53 Å². The second-order valence-corrected chi connectivity index (χ2v) is 6.91. The summed E-state index contributed by atoms with van der Waals surface area (Å²) in [5, 5.41) is 4.60. The van der Waals surface area contributed by atoms with Gasteiger partial charge in [0.15, 0.2) is 5.65 Å². The van der Waals surface area contributed by atoms with E-state index in [1.807, 2.05) is 23.7 Å². The van der Waals surface area contributed by atoms with Crippen molar-refractivity contribution >= 4 is 11.6 Å². The van der Waals surface area contributed by atoms with Crippen LogP contribution in [0.5, 0.6) is 0 Å². The third kappa shape index (κ3) is 1.87. The van der Waals surface area contributed by atoms with Crippen LogP contribution in [0.4, 0.5) is 0 Å². The number of aryl methyl sites for hydroxylation is 1. The van der Waals surface area contributed by atoms with Crippen molar-refractivity contribution in [1.82, 2.24) is 19.5 Å². The van der Waals surface area contributed by atoms with E-state index >= 15 is 0 Å². The third-order valence-electron chi connectivity index (χ3n) is 5.49. The molecule has 0 radical (unpaired) electrons. The molecule has 5 heterocycles. The molecule has 0 unspecified atom stereocenters. The molecule has 2 saturated heterocycles. The SMILES string of the molecule is Cc1cc2ncc3c(n2n1)C[C@H]1CC[C@H]3N1C(=O)[C@@H]1CCCO1. The van der Waals surface area contributed by atoms with Gasteiger partial charge in [0.05, 0.1) is 17.4 Å². The third-order valence-corrected chi connectivity index (χ3v) is 5.49. The van der Waals surface area contributed by atoms with Crippen LogP contribution in [0.1, 0.15) is 48.7 Å². The number of nitrogens with zero attached hydrogens (tertiary/aromatic N) is 4. The van der Waals surface area contributed by atoms with E-state index in [-0.39, 0.29) is 24.1 Å². The lowest BCUT2D eigenvalue weighted by Gasteiger charge is -2.37. The monoisotopic (exact) mass is 312 g/mol. The number of fused-ring (bicyclic) bond motifs is 6. The smallest absolute Gasteiger partial charge is 0.252 e. The van der Waals surface area contributed by atoms with E-state index in [2.05, 4.69) is 15.0 Å². The molecule has 2 aromatic heterocycles. The Morgan fingerprint density at radius 2 is 2.26 bits per heavy atom. The van der Waals surface area contributed by atoms with Crippen LogP contribution in [-0.2, 0) is 16.0 Å². The van der Waals surface area contributed by atoms with Crippen LogP contribution in [0.25, 0.3) is 5.65 Å². The summed E-state index contributed by atoms with van der Waals surface area (Å²) in [6, 6.07) is 2.42. The van der Waals surface area contributed by atoms with E-state index in [9.17, 15) is 4.79 Å². The molecular weight excluding hydrogens is 292 g/mol. The van der Waals surface area contributed by atoms with Crippen molar-refractivity contribution in [3.8, 4) is 0 Å². The van der Waals surface area contributed by atoms with E-state index in [1.165, 1.54) is 11.3 Å². The largest absolute Gasteiger partial charge is 0.368 e. The highest BCUT2D eigenvalue weighted by Crippen LogP contribution is 2.44. The first-order valence-electron chi connectivity index (χ1n) is 8.50. The zero-order valence-electron chi connectivity index (χ0n) is 13.2. The van der Waals surface area contributed by atoms with Crippen LogP contribution in [0.15, 0.2) is 12.3 Å². The van der Waals surface area contributed by atoms with E-state index in [0.29, 0.717) is 6.61 Å². The van der Waals surface area contributed by atoms with Gasteiger partial charge in [0.1, 0.15) is 6.10 Å². The van der Waals surface area contributed by atoms with Crippen LogP contribution in [-0.4, -0.2) is 44.2 Å². The minimum absolute atomic E-state index is 0.141. The molecule has 23 heavy (non-hydrogen) atoms. The minimum Gasteiger partial charge on any atom is -0.368 e. The van der Waals surface area contributed by atoms with Gasteiger partial charge < -0.3 is 9.64 Å². The number of carbonyl (C=O) groups excluding carboxylic acids is 1. The van der Waals surface area contributed by atoms with Gasteiger partial charge in [0, 0.05) is 36.9 Å². The highest BCUT2D eigenvalue weighted by Gasteiger charge is 2.46. The zero-order valence-corrected chi connectivity index (χ0v) is 13.2. The lowest BCUT2D eigenvalue weighted by Crippen LogP contribution is -2.47. The van der Waals surface area contributed by atoms with Crippen LogP contribution in [0.2, 0.25) is 0 Å². The van der Waals surface area contributed by atoms with Crippen molar-refractivity contribution in [3.63, 3.8) is 0 Å². The minimum atomic E-state index is -0.233. The predicted octanol–water partition coefficient (Wildman–Crippen LogP) is 1.80. The van der Waals surface area contributed by atoms with Crippen LogP contribution >= 0.6 is 0 Å². The summed E-state index contributed by atoms with van der Waals surface area (Å²) in [7, 11) is 0. The quantitative estimate of drug-likeness (QED) is 0.806. The first-order chi connectivity index (χ1) is 11.2. The molecule has 3 aliphatic heterocycles. The van der Waals surface area contributed by atoms with Gasteiger partial charge >= 0.3 is 0 Å².